The molecule has 0 aliphatic heterocycles. The summed E-state index contributed by atoms with van der Waals surface area (Å²) in [5, 5.41) is 4.20. The number of para-hydroxylation sites is 2. The molecule has 0 radical (unpaired) electrons. The van der Waals surface area contributed by atoms with Crippen LogP contribution >= 0.6 is 0 Å². The van der Waals surface area contributed by atoms with Gasteiger partial charge in [-0.15, -0.1) is 0 Å². The smallest absolute Gasteiger partial charge is 0.128 e. The van der Waals surface area contributed by atoms with Gasteiger partial charge in [-0.25, -0.2) is 0 Å². The summed E-state index contributed by atoms with van der Waals surface area (Å²) < 4.78 is 5.55. The van der Waals surface area contributed by atoms with Gasteiger partial charge in [0.05, 0.1) is 11.9 Å². The predicted molar refractivity (Wildman–Crippen MR) is 79.8 cm³/mol. The number of anilines is 1. The largest absolute Gasteiger partial charge is 0.489 e. The Balaban J connectivity index is 2.04. The summed E-state index contributed by atoms with van der Waals surface area (Å²) in [6.07, 6.45) is 3.46. The molecule has 2 rings (SSSR count). The molecule has 0 aromatic heterocycles. The summed E-state index contributed by atoms with van der Waals surface area (Å²) in [4.78, 5) is 0. The number of hydrogen-bond donors (Lipinski definition) is 1. The zero-order valence-electron chi connectivity index (χ0n) is 10.6. The molecule has 0 aliphatic carbocycles. The first-order valence-electron chi connectivity index (χ1n) is 6.07. The van der Waals surface area contributed by atoms with Gasteiger partial charge in [0.1, 0.15) is 12.4 Å². The van der Waals surface area contributed by atoms with Crippen molar-refractivity contribution in [2.24, 2.45) is 5.10 Å². The number of hydrogen-bond acceptors (Lipinski definition) is 3. The van der Waals surface area contributed by atoms with Gasteiger partial charge in [0.15, 0.2) is 0 Å². The Morgan fingerprint density at radius 1 is 1.05 bits per heavy atom. The maximum absolute atomic E-state index is 5.55. The third-order valence-corrected chi connectivity index (χ3v) is 2.45. The Morgan fingerprint density at radius 3 is 2.58 bits per heavy atom. The van der Waals surface area contributed by atoms with E-state index in [-0.39, 0.29) is 0 Å². The number of nitrogens with zero attached hydrogens (tertiary/aromatic N) is 1. The summed E-state index contributed by atoms with van der Waals surface area (Å²) >= 11 is 0. The van der Waals surface area contributed by atoms with Crippen molar-refractivity contribution in [2.45, 2.75) is 0 Å². The van der Waals surface area contributed by atoms with E-state index in [2.05, 4.69) is 17.1 Å². The molecule has 3 heteroatoms. The summed E-state index contributed by atoms with van der Waals surface area (Å²) in [6.45, 7) is 4.12. The van der Waals surface area contributed by atoms with Crippen LogP contribution in [0.25, 0.3) is 0 Å². The minimum absolute atomic E-state index is 0.483. The van der Waals surface area contributed by atoms with Gasteiger partial charge in [0.2, 0.25) is 0 Å². The second-order valence-electron chi connectivity index (χ2n) is 3.87. The van der Waals surface area contributed by atoms with Crippen molar-refractivity contribution in [3.05, 3.63) is 72.8 Å². The molecule has 0 heterocycles. The zero-order valence-corrected chi connectivity index (χ0v) is 10.6. The fraction of sp³-hybridized carbons (Fsp3) is 0.0625. The number of hydrazone groups is 1. The van der Waals surface area contributed by atoms with Gasteiger partial charge in [0, 0.05) is 5.56 Å². The predicted octanol–water partition coefficient (Wildman–Crippen LogP) is 3.70. The molecular formula is C16H16N2O. The first-order chi connectivity index (χ1) is 9.40. The van der Waals surface area contributed by atoms with Crippen LogP contribution in [0.15, 0.2) is 72.4 Å². The molecule has 0 atom stereocenters. The van der Waals surface area contributed by atoms with Crippen molar-refractivity contribution in [2.75, 3.05) is 12.0 Å². The molecule has 0 amide bonds. The molecule has 96 valence electrons. The van der Waals surface area contributed by atoms with Gasteiger partial charge in [-0.3, -0.25) is 5.43 Å². The molecule has 0 saturated carbocycles. The van der Waals surface area contributed by atoms with Gasteiger partial charge < -0.3 is 4.74 Å². The number of nitrogens with one attached hydrogen (secondary N) is 1. The van der Waals surface area contributed by atoms with Crippen LogP contribution in [0, 0.1) is 0 Å². The van der Waals surface area contributed by atoms with E-state index in [4.69, 9.17) is 4.74 Å². The molecule has 0 bridgehead atoms. The molecule has 0 fully saturated rings. The summed E-state index contributed by atoms with van der Waals surface area (Å²) in [6, 6.07) is 17.5. The van der Waals surface area contributed by atoms with Crippen LogP contribution in [-0.2, 0) is 0 Å². The highest BCUT2D eigenvalue weighted by molar-refractivity contribution is 5.83. The highest BCUT2D eigenvalue weighted by atomic mass is 16.5. The maximum atomic E-state index is 5.55. The summed E-state index contributed by atoms with van der Waals surface area (Å²) in [7, 11) is 0. The highest BCUT2D eigenvalue weighted by Gasteiger charge is 1.98. The Bertz CT molecular complexity index is 550. The molecular weight excluding hydrogens is 236 g/mol. The first kappa shape index (κ1) is 12.9. The zero-order chi connectivity index (χ0) is 13.3. The number of ether oxygens (including phenoxy) is 1. The second-order valence-corrected chi connectivity index (χ2v) is 3.87. The van der Waals surface area contributed by atoms with Crippen molar-refractivity contribution >= 4 is 11.9 Å². The molecule has 0 spiro atoms. The van der Waals surface area contributed by atoms with Gasteiger partial charge >= 0.3 is 0 Å². The van der Waals surface area contributed by atoms with E-state index in [9.17, 15) is 0 Å². The quantitative estimate of drug-likeness (QED) is 0.483. The molecule has 0 aliphatic rings. The van der Waals surface area contributed by atoms with Crippen molar-refractivity contribution in [1.29, 1.82) is 0 Å². The Hall–Kier alpha value is -2.55. The summed E-state index contributed by atoms with van der Waals surface area (Å²) in [5.74, 6) is 0.793. The third-order valence-electron chi connectivity index (χ3n) is 2.45. The monoisotopic (exact) mass is 252 g/mol. The van der Waals surface area contributed by atoms with Crippen molar-refractivity contribution < 1.29 is 4.74 Å². The lowest BCUT2D eigenvalue weighted by molar-refractivity contribution is 0.363. The van der Waals surface area contributed by atoms with E-state index in [1.165, 1.54) is 0 Å². The van der Waals surface area contributed by atoms with Gasteiger partial charge in [-0.1, -0.05) is 43.0 Å². The van der Waals surface area contributed by atoms with E-state index in [0.29, 0.717) is 6.61 Å². The SMILES string of the molecule is C=CCOc1ccccc1/C=N/Nc1ccccc1. The van der Waals surface area contributed by atoms with Crippen molar-refractivity contribution in [3.63, 3.8) is 0 Å². The maximum Gasteiger partial charge on any atom is 0.128 e. The molecule has 19 heavy (non-hydrogen) atoms. The second kappa shape index (κ2) is 7.01. The van der Waals surface area contributed by atoms with Crippen LogP contribution in [-0.4, -0.2) is 12.8 Å². The van der Waals surface area contributed by atoms with Crippen molar-refractivity contribution in [1.82, 2.24) is 0 Å². The van der Waals surface area contributed by atoms with Crippen LogP contribution in [0.4, 0.5) is 5.69 Å². The fourth-order valence-corrected chi connectivity index (χ4v) is 1.56. The highest BCUT2D eigenvalue weighted by Crippen LogP contribution is 2.16. The lowest BCUT2D eigenvalue weighted by Crippen LogP contribution is -1.97. The van der Waals surface area contributed by atoms with Crippen molar-refractivity contribution in [3.8, 4) is 5.75 Å². The van der Waals surface area contributed by atoms with Crippen LogP contribution < -0.4 is 10.2 Å². The normalized spacial score (nSPS) is 10.3. The van der Waals surface area contributed by atoms with E-state index in [1.807, 2.05) is 54.6 Å². The number of benzene rings is 2. The first-order valence-corrected chi connectivity index (χ1v) is 6.07. The van der Waals surface area contributed by atoms with Gasteiger partial charge in [-0.05, 0) is 24.3 Å². The number of rotatable bonds is 6. The average Bonchev–Trinajstić information content (AvgIpc) is 2.47. The van der Waals surface area contributed by atoms with E-state index in [0.717, 1.165) is 17.0 Å². The van der Waals surface area contributed by atoms with E-state index >= 15 is 0 Å². The van der Waals surface area contributed by atoms with Crippen LogP contribution in [0.3, 0.4) is 0 Å². The van der Waals surface area contributed by atoms with Crippen LogP contribution in [0.5, 0.6) is 5.75 Å². The third kappa shape index (κ3) is 4.00. The van der Waals surface area contributed by atoms with E-state index < -0.39 is 0 Å². The lowest BCUT2D eigenvalue weighted by Gasteiger charge is -2.06. The lowest BCUT2D eigenvalue weighted by atomic mass is 10.2. The van der Waals surface area contributed by atoms with Gasteiger partial charge in [0.25, 0.3) is 0 Å². The van der Waals surface area contributed by atoms with E-state index in [1.54, 1.807) is 12.3 Å². The molecule has 1 N–H and O–H groups in total. The molecule has 0 unspecified atom stereocenters. The van der Waals surface area contributed by atoms with Crippen LogP contribution in [0.2, 0.25) is 0 Å². The summed E-state index contributed by atoms with van der Waals surface area (Å²) in [5.41, 5.74) is 4.84. The molecule has 2 aromatic carbocycles. The molecule has 2 aromatic rings. The Morgan fingerprint density at radius 2 is 1.79 bits per heavy atom. The average molecular weight is 252 g/mol. The molecule has 3 nitrogen and oxygen atoms in total. The minimum atomic E-state index is 0.483. The van der Waals surface area contributed by atoms with Crippen LogP contribution in [0.1, 0.15) is 5.56 Å². The molecule has 0 saturated heterocycles. The minimum Gasteiger partial charge on any atom is -0.489 e. The topological polar surface area (TPSA) is 33.6 Å². The Kier molecular flexibility index (Phi) is 4.76. The standard InChI is InChI=1S/C16H16N2O/c1-2-12-19-16-11-7-6-8-14(16)13-17-18-15-9-4-3-5-10-15/h2-11,13,18H,1,12H2/b17-13+. The van der Waals surface area contributed by atoms with Gasteiger partial charge in [-0.2, -0.15) is 5.10 Å². The fourth-order valence-electron chi connectivity index (χ4n) is 1.56. The Labute approximate surface area is 113 Å².